The van der Waals surface area contributed by atoms with Gasteiger partial charge in [-0.25, -0.2) is 0 Å². The molecule has 1 atom stereocenters. The molecule has 7 heteroatoms. The van der Waals surface area contributed by atoms with Crippen LogP contribution in [-0.2, 0) is 6.42 Å². The van der Waals surface area contributed by atoms with Crippen LogP contribution in [0.15, 0.2) is 40.9 Å². The lowest BCUT2D eigenvalue weighted by Gasteiger charge is -2.40. The Morgan fingerprint density at radius 1 is 1.14 bits per heavy atom. The molecular weight excluding hydrogens is 440 g/mol. The van der Waals surface area contributed by atoms with Crippen molar-refractivity contribution in [2.75, 3.05) is 13.1 Å². The molecule has 186 valence electrons. The smallest absolute Gasteiger partial charge is 0.258 e. The number of β-amino-alcohol motifs (C(OH)–C–C–N with tert-alkyl or cyclic N) is 1. The number of nitrogens with zero attached hydrogens (tertiary/aromatic N) is 4. The molecule has 1 fully saturated rings. The van der Waals surface area contributed by atoms with Crippen molar-refractivity contribution in [2.24, 2.45) is 0 Å². The standard InChI is InChI=1S/C24H24N4O3.2C2H6/c1-14(2)30-22-9-6-15(10-16(22)11-25)24-26-23(27-31-24)20-5-3-4-19-18(20)7-8-21(19)28-12-17(29)13-28;2*1-2/h3-6,9-10,14,17,21,29H,7-8,12-13H2,1-2H3;2*1-2H3. The van der Waals surface area contributed by atoms with Crippen molar-refractivity contribution < 1.29 is 14.4 Å². The van der Waals surface area contributed by atoms with Crippen molar-refractivity contribution in [3.63, 3.8) is 0 Å². The summed E-state index contributed by atoms with van der Waals surface area (Å²) < 4.78 is 11.2. The molecule has 0 amide bonds. The maximum atomic E-state index is 9.67. The molecule has 7 nitrogen and oxygen atoms in total. The van der Waals surface area contributed by atoms with Crippen LogP contribution in [0.4, 0.5) is 0 Å². The van der Waals surface area contributed by atoms with Gasteiger partial charge in [-0.2, -0.15) is 10.2 Å². The summed E-state index contributed by atoms with van der Waals surface area (Å²) in [5.41, 5.74) is 4.64. The lowest BCUT2D eigenvalue weighted by molar-refractivity contribution is -0.0251. The number of nitriles is 1. The molecule has 2 aliphatic rings. The highest BCUT2D eigenvalue weighted by Gasteiger charge is 2.36. The highest BCUT2D eigenvalue weighted by Crippen LogP contribution is 2.42. The molecule has 0 radical (unpaired) electrons. The Bertz CT molecular complexity index is 1160. The second-order valence-corrected chi connectivity index (χ2v) is 8.45. The van der Waals surface area contributed by atoms with E-state index in [1.165, 1.54) is 11.1 Å². The average Bonchev–Trinajstić information content (AvgIpc) is 3.52. The molecule has 2 aromatic carbocycles. The van der Waals surface area contributed by atoms with Crippen molar-refractivity contribution in [2.45, 2.75) is 72.6 Å². The van der Waals surface area contributed by atoms with Crippen LogP contribution in [-0.4, -0.2) is 45.4 Å². The van der Waals surface area contributed by atoms with Gasteiger partial charge in [-0.15, -0.1) is 0 Å². The zero-order valence-electron chi connectivity index (χ0n) is 21.6. The number of rotatable bonds is 5. The van der Waals surface area contributed by atoms with Crippen LogP contribution < -0.4 is 4.74 Å². The van der Waals surface area contributed by atoms with Crippen LogP contribution in [0, 0.1) is 11.3 Å². The number of hydrogen-bond acceptors (Lipinski definition) is 7. The zero-order chi connectivity index (χ0) is 25.5. The number of aromatic nitrogens is 2. The summed E-state index contributed by atoms with van der Waals surface area (Å²) in [6.45, 7) is 13.3. The summed E-state index contributed by atoms with van der Waals surface area (Å²) in [5.74, 6) is 1.47. The normalized spacial score (nSPS) is 16.8. The van der Waals surface area contributed by atoms with Crippen LogP contribution in [0.2, 0.25) is 0 Å². The minimum Gasteiger partial charge on any atom is -0.490 e. The molecule has 3 aromatic rings. The Morgan fingerprint density at radius 2 is 1.89 bits per heavy atom. The molecule has 1 saturated heterocycles. The summed E-state index contributed by atoms with van der Waals surface area (Å²) in [6, 6.07) is 14.1. The predicted molar refractivity (Wildman–Crippen MR) is 137 cm³/mol. The second kappa shape index (κ2) is 12.0. The van der Waals surface area contributed by atoms with E-state index < -0.39 is 0 Å². The summed E-state index contributed by atoms with van der Waals surface area (Å²) >= 11 is 0. The molecule has 2 heterocycles. The lowest BCUT2D eigenvalue weighted by atomic mass is 9.99. The van der Waals surface area contributed by atoms with E-state index in [9.17, 15) is 10.4 Å². The van der Waals surface area contributed by atoms with Gasteiger partial charge in [0.15, 0.2) is 0 Å². The Labute approximate surface area is 208 Å². The minimum atomic E-state index is -0.206. The summed E-state index contributed by atoms with van der Waals surface area (Å²) in [6.07, 6.45) is 1.76. The fraction of sp³-hybridized carbons (Fsp3) is 0.464. The lowest BCUT2D eigenvalue weighted by Crippen LogP contribution is -2.51. The van der Waals surface area contributed by atoms with Gasteiger partial charge in [0.05, 0.1) is 17.8 Å². The van der Waals surface area contributed by atoms with E-state index in [0.29, 0.717) is 34.6 Å². The highest BCUT2D eigenvalue weighted by molar-refractivity contribution is 5.67. The van der Waals surface area contributed by atoms with Gasteiger partial charge in [0.2, 0.25) is 5.82 Å². The van der Waals surface area contributed by atoms with Crippen LogP contribution in [0.5, 0.6) is 5.75 Å². The monoisotopic (exact) mass is 476 g/mol. The number of aliphatic hydroxyl groups is 1. The van der Waals surface area contributed by atoms with Crippen molar-refractivity contribution >= 4 is 0 Å². The molecule has 1 unspecified atom stereocenters. The van der Waals surface area contributed by atoms with Crippen LogP contribution >= 0.6 is 0 Å². The van der Waals surface area contributed by atoms with Crippen molar-refractivity contribution in [1.82, 2.24) is 15.0 Å². The third kappa shape index (κ3) is 5.55. The number of hydrogen-bond donors (Lipinski definition) is 1. The van der Waals surface area contributed by atoms with Gasteiger partial charge < -0.3 is 14.4 Å². The maximum absolute atomic E-state index is 9.67. The van der Waals surface area contributed by atoms with Crippen molar-refractivity contribution in [3.8, 4) is 34.7 Å². The third-order valence-corrected chi connectivity index (χ3v) is 5.95. The number of likely N-dealkylation sites (tertiary alicyclic amines) is 1. The molecule has 1 N–H and O–H groups in total. The van der Waals surface area contributed by atoms with Crippen molar-refractivity contribution in [1.29, 1.82) is 5.26 Å². The zero-order valence-corrected chi connectivity index (χ0v) is 21.6. The minimum absolute atomic E-state index is 0.0171. The molecule has 5 rings (SSSR count). The van der Waals surface area contributed by atoms with Gasteiger partial charge in [-0.05, 0) is 56.0 Å². The average molecular weight is 477 g/mol. The third-order valence-electron chi connectivity index (χ3n) is 5.95. The van der Waals surface area contributed by atoms with Gasteiger partial charge in [0.1, 0.15) is 11.8 Å². The Morgan fingerprint density at radius 3 is 2.54 bits per heavy atom. The van der Waals surface area contributed by atoms with E-state index in [2.05, 4.69) is 27.2 Å². The molecule has 0 bridgehead atoms. The SMILES string of the molecule is CC.CC.CC(C)Oc1ccc(-c2nc(-c3cccc4c3CCC4N3CC(O)C3)no2)cc1C#N. The van der Waals surface area contributed by atoms with Gasteiger partial charge in [0.25, 0.3) is 5.89 Å². The summed E-state index contributed by atoms with van der Waals surface area (Å²) in [7, 11) is 0. The second-order valence-electron chi connectivity index (χ2n) is 8.45. The number of ether oxygens (including phenoxy) is 1. The number of fused-ring (bicyclic) bond motifs is 1. The quantitative estimate of drug-likeness (QED) is 0.499. The first-order chi connectivity index (χ1) is 17.0. The Kier molecular flexibility index (Phi) is 9.02. The molecule has 1 aliphatic carbocycles. The van der Waals surface area contributed by atoms with Gasteiger partial charge in [0, 0.05) is 30.3 Å². The van der Waals surface area contributed by atoms with Crippen molar-refractivity contribution in [3.05, 3.63) is 53.1 Å². The summed E-state index contributed by atoms with van der Waals surface area (Å²) in [5, 5.41) is 23.4. The van der Waals surface area contributed by atoms with E-state index in [-0.39, 0.29) is 12.2 Å². The maximum Gasteiger partial charge on any atom is 0.258 e. The van der Waals surface area contributed by atoms with Gasteiger partial charge in [-0.3, -0.25) is 4.90 Å². The largest absolute Gasteiger partial charge is 0.490 e. The molecule has 1 aromatic heterocycles. The first-order valence-corrected chi connectivity index (χ1v) is 12.6. The molecule has 0 saturated carbocycles. The van der Waals surface area contributed by atoms with Crippen LogP contribution in [0.1, 0.15) is 70.7 Å². The fourth-order valence-corrected chi connectivity index (χ4v) is 4.52. The molecule has 35 heavy (non-hydrogen) atoms. The van der Waals surface area contributed by atoms with E-state index >= 15 is 0 Å². The molecule has 1 aliphatic heterocycles. The van der Waals surface area contributed by atoms with E-state index in [1.807, 2.05) is 59.7 Å². The first-order valence-electron chi connectivity index (χ1n) is 12.6. The van der Waals surface area contributed by atoms with Crippen LogP contribution in [0.3, 0.4) is 0 Å². The highest BCUT2D eigenvalue weighted by atomic mass is 16.5. The van der Waals surface area contributed by atoms with Gasteiger partial charge >= 0.3 is 0 Å². The van der Waals surface area contributed by atoms with Gasteiger partial charge in [-0.1, -0.05) is 51.1 Å². The Balaban J connectivity index is 0.000000815. The fourth-order valence-electron chi connectivity index (χ4n) is 4.52. The number of benzene rings is 2. The predicted octanol–water partition coefficient (Wildman–Crippen LogP) is 5.78. The van der Waals surface area contributed by atoms with E-state index in [1.54, 1.807) is 12.1 Å². The van der Waals surface area contributed by atoms with E-state index in [4.69, 9.17) is 9.26 Å². The molecular formula is C28H36N4O3. The van der Waals surface area contributed by atoms with E-state index in [0.717, 1.165) is 31.5 Å². The Hall–Kier alpha value is -3.21. The number of aliphatic hydroxyl groups excluding tert-OH is 1. The topological polar surface area (TPSA) is 95.4 Å². The first kappa shape index (κ1) is 26.4. The van der Waals surface area contributed by atoms with Crippen LogP contribution in [0.25, 0.3) is 22.8 Å². The molecule has 0 spiro atoms. The summed E-state index contributed by atoms with van der Waals surface area (Å²) in [4.78, 5) is 6.95.